The molecule has 1 aromatic carbocycles. The number of hydrogen-bond donors (Lipinski definition) is 3. The third kappa shape index (κ3) is 3.37. The predicted octanol–water partition coefficient (Wildman–Crippen LogP) is 1.19. The maximum absolute atomic E-state index is 12.7. The second kappa shape index (κ2) is 7.32. The van der Waals surface area contributed by atoms with E-state index in [-0.39, 0.29) is 36.4 Å². The van der Waals surface area contributed by atoms with Gasteiger partial charge in [0.05, 0.1) is 7.11 Å². The first-order chi connectivity index (χ1) is 13.9. The van der Waals surface area contributed by atoms with Crippen molar-refractivity contribution in [3.05, 3.63) is 39.5 Å². The van der Waals surface area contributed by atoms with E-state index >= 15 is 0 Å². The fourth-order valence-electron chi connectivity index (χ4n) is 3.44. The van der Waals surface area contributed by atoms with Crippen molar-refractivity contribution in [3.8, 4) is 5.88 Å². The molecule has 2 aromatic rings. The quantitative estimate of drug-likeness (QED) is 0.585. The number of nitrogens with one attached hydrogen (secondary N) is 3. The molecule has 0 spiro atoms. The molecule has 0 bridgehead atoms. The van der Waals surface area contributed by atoms with Crippen LogP contribution in [0.1, 0.15) is 39.3 Å². The molecule has 150 valence electrons. The molecule has 0 radical (unpaired) electrons. The van der Waals surface area contributed by atoms with Crippen molar-refractivity contribution in [1.29, 1.82) is 0 Å². The molecule has 4 amide bonds. The third-order valence-electron chi connectivity index (χ3n) is 4.88. The lowest BCUT2D eigenvalue weighted by molar-refractivity contribution is -0.136. The lowest BCUT2D eigenvalue weighted by Gasteiger charge is -2.29. The zero-order valence-corrected chi connectivity index (χ0v) is 16.8. The number of halogens is 1. The summed E-state index contributed by atoms with van der Waals surface area (Å²) in [6.07, 6.45) is 0.490. The van der Waals surface area contributed by atoms with Gasteiger partial charge in [-0.3, -0.25) is 29.6 Å². The van der Waals surface area contributed by atoms with Gasteiger partial charge in [-0.05, 0) is 46.1 Å². The number of piperidine rings is 1. The largest absolute Gasteiger partial charge is 0.479 e. The number of anilines is 1. The number of amides is 4. The molecule has 0 saturated carbocycles. The van der Waals surface area contributed by atoms with Crippen LogP contribution in [0, 0.1) is 0 Å². The first-order valence-electron chi connectivity index (χ1n) is 8.76. The lowest BCUT2D eigenvalue weighted by atomic mass is 10.0. The number of carbonyl (C=O) groups excluding carboxylic acids is 4. The van der Waals surface area contributed by atoms with E-state index in [0.717, 1.165) is 0 Å². The molecule has 1 atom stereocenters. The Balaban J connectivity index is 1.51. The van der Waals surface area contributed by atoms with Crippen LogP contribution in [0.5, 0.6) is 5.88 Å². The monoisotopic (exact) mass is 461 g/mol. The van der Waals surface area contributed by atoms with Gasteiger partial charge < -0.3 is 15.0 Å². The number of H-pyrrole nitrogens is 1. The van der Waals surface area contributed by atoms with E-state index in [9.17, 15) is 19.2 Å². The van der Waals surface area contributed by atoms with E-state index in [1.165, 1.54) is 12.0 Å². The molecular weight excluding hydrogens is 446 g/mol. The van der Waals surface area contributed by atoms with E-state index in [1.54, 1.807) is 18.2 Å². The van der Waals surface area contributed by atoms with E-state index in [2.05, 4.69) is 36.8 Å². The summed E-state index contributed by atoms with van der Waals surface area (Å²) in [6.45, 7) is 0.228. The molecule has 3 heterocycles. The Kier molecular flexibility index (Phi) is 4.82. The van der Waals surface area contributed by atoms with Crippen molar-refractivity contribution in [2.75, 3.05) is 12.4 Å². The number of imide groups is 1. The number of fused-ring (bicyclic) bond motifs is 1. The predicted molar refractivity (Wildman–Crippen MR) is 103 cm³/mol. The number of aromatic amines is 1. The summed E-state index contributed by atoms with van der Waals surface area (Å²) < 4.78 is 5.42. The van der Waals surface area contributed by atoms with Crippen molar-refractivity contribution < 1.29 is 23.9 Å². The van der Waals surface area contributed by atoms with Gasteiger partial charge in [-0.2, -0.15) is 0 Å². The highest BCUT2D eigenvalue weighted by atomic mass is 79.9. The molecule has 2 aliphatic heterocycles. The average Bonchev–Trinajstić information content (AvgIpc) is 3.21. The Bertz CT molecular complexity index is 1050. The van der Waals surface area contributed by atoms with Gasteiger partial charge in [0.2, 0.25) is 17.7 Å². The molecule has 1 saturated heterocycles. The highest BCUT2D eigenvalue weighted by Crippen LogP contribution is 2.30. The minimum atomic E-state index is -0.681. The second-order valence-electron chi connectivity index (χ2n) is 6.65. The van der Waals surface area contributed by atoms with Gasteiger partial charge in [-0.15, -0.1) is 5.10 Å². The number of rotatable bonds is 4. The highest BCUT2D eigenvalue weighted by Gasteiger charge is 2.39. The summed E-state index contributed by atoms with van der Waals surface area (Å²) in [6, 6.07) is 4.24. The second-order valence-corrected chi connectivity index (χ2v) is 7.44. The van der Waals surface area contributed by atoms with Crippen LogP contribution in [0.15, 0.2) is 22.7 Å². The van der Waals surface area contributed by atoms with Crippen LogP contribution >= 0.6 is 15.9 Å². The van der Waals surface area contributed by atoms with Crippen LogP contribution in [-0.4, -0.2) is 51.9 Å². The summed E-state index contributed by atoms with van der Waals surface area (Å²) >= 11 is 3.25. The van der Waals surface area contributed by atoms with Crippen LogP contribution < -0.4 is 15.4 Å². The van der Waals surface area contributed by atoms with Crippen LogP contribution in [0.2, 0.25) is 0 Å². The van der Waals surface area contributed by atoms with Crippen LogP contribution in [0.25, 0.3) is 0 Å². The normalized spacial score (nSPS) is 18.5. The number of carbonyl (C=O) groups is 4. The first-order valence-corrected chi connectivity index (χ1v) is 9.55. The fraction of sp³-hybridized carbons (Fsp3) is 0.278. The smallest absolute Gasteiger partial charge is 0.274 e. The number of methoxy groups -OCH3 is 1. The van der Waals surface area contributed by atoms with Gasteiger partial charge in [0.1, 0.15) is 16.2 Å². The van der Waals surface area contributed by atoms with Crippen molar-refractivity contribution in [3.63, 3.8) is 0 Å². The Morgan fingerprint density at radius 1 is 1.34 bits per heavy atom. The van der Waals surface area contributed by atoms with E-state index in [0.29, 0.717) is 27.7 Å². The van der Waals surface area contributed by atoms with Gasteiger partial charge in [-0.25, -0.2) is 0 Å². The molecule has 1 unspecified atom stereocenters. The van der Waals surface area contributed by atoms with Crippen molar-refractivity contribution in [1.82, 2.24) is 20.4 Å². The van der Waals surface area contributed by atoms with Gasteiger partial charge in [0, 0.05) is 24.2 Å². The van der Waals surface area contributed by atoms with Crippen LogP contribution in [0.3, 0.4) is 0 Å². The molecule has 11 heteroatoms. The molecule has 1 aromatic heterocycles. The Hall–Kier alpha value is -3.21. The molecular formula is C18H16BrN5O5. The van der Waals surface area contributed by atoms with Crippen molar-refractivity contribution in [2.45, 2.75) is 25.4 Å². The number of ether oxygens (including phenoxy) is 1. The minimum absolute atomic E-state index is 0.195. The standard InChI is InChI=1S/C18H16BrN5O5/c1-29-17-13(19)14(22-23-17)16(27)20-9-2-3-10-8(6-9)7-24(18(10)28)11-4-5-12(25)21-15(11)26/h2-3,6,11H,4-5,7H2,1H3,(H,20,27)(H,22,23)(H,21,25,26). The fourth-order valence-corrected chi connectivity index (χ4v) is 3.96. The lowest BCUT2D eigenvalue weighted by Crippen LogP contribution is -2.52. The molecule has 2 aliphatic rings. The van der Waals surface area contributed by atoms with Gasteiger partial charge in [0.15, 0.2) is 0 Å². The summed E-state index contributed by atoms with van der Waals surface area (Å²) in [7, 11) is 1.44. The average molecular weight is 462 g/mol. The van der Waals surface area contributed by atoms with Gasteiger partial charge >= 0.3 is 0 Å². The molecule has 0 aliphatic carbocycles. The van der Waals surface area contributed by atoms with E-state index < -0.39 is 17.9 Å². The summed E-state index contributed by atoms with van der Waals surface area (Å²) in [5, 5.41) is 11.5. The topological polar surface area (TPSA) is 133 Å². The maximum Gasteiger partial charge on any atom is 0.274 e. The van der Waals surface area contributed by atoms with Crippen molar-refractivity contribution >= 4 is 45.2 Å². The summed E-state index contributed by atoms with van der Waals surface area (Å²) in [5.74, 6) is -1.24. The Morgan fingerprint density at radius 3 is 2.83 bits per heavy atom. The Labute approximate surface area is 173 Å². The summed E-state index contributed by atoms with van der Waals surface area (Å²) in [4.78, 5) is 50.1. The zero-order valence-electron chi connectivity index (χ0n) is 15.2. The summed E-state index contributed by atoms with van der Waals surface area (Å²) in [5.41, 5.74) is 1.85. The molecule has 29 heavy (non-hydrogen) atoms. The van der Waals surface area contributed by atoms with Crippen LogP contribution in [0.4, 0.5) is 5.69 Å². The molecule has 3 N–H and O–H groups in total. The van der Waals surface area contributed by atoms with Gasteiger partial charge in [-0.1, -0.05) is 0 Å². The van der Waals surface area contributed by atoms with E-state index in [1.807, 2.05) is 0 Å². The highest BCUT2D eigenvalue weighted by molar-refractivity contribution is 9.10. The minimum Gasteiger partial charge on any atom is -0.479 e. The molecule has 1 fully saturated rings. The number of nitrogens with zero attached hydrogens (tertiary/aromatic N) is 2. The maximum atomic E-state index is 12.7. The number of hydrogen-bond acceptors (Lipinski definition) is 6. The van der Waals surface area contributed by atoms with Gasteiger partial charge in [0.25, 0.3) is 11.8 Å². The van der Waals surface area contributed by atoms with E-state index in [4.69, 9.17) is 4.74 Å². The zero-order chi connectivity index (χ0) is 20.7. The molecule has 10 nitrogen and oxygen atoms in total. The number of aromatic nitrogens is 2. The van der Waals surface area contributed by atoms with Crippen LogP contribution in [-0.2, 0) is 16.1 Å². The number of benzene rings is 1. The first kappa shape index (κ1) is 19.1. The SMILES string of the molecule is COc1n[nH]c(C(=O)Nc2ccc3c(c2)CN(C2CCC(=O)NC2=O)C3=O)c1Br. The Morgan fingerprint density at radius 2 is 2.14 bits per heavy atom. The van der Waals surface area contributed by atoms with Crippen molar-refractivity contribution in [2.24, 2.45) is 0 Å². The molecule has 4 rings (SSSR count). The third-order valence-corrected chi connectivity index (χ3v) is 5.61.